The summed E-state index contributed by atoms with van der Waals surface area (Å²) in [5, 5.41) is 0. The highest BCUT2D eigenvalue weighted by atomic mass is 32.2. The molecule has 1 saturated heterocycles. The summed E-state index contributed by atoms with van der Waals surface area (Å²) in [6.07, 6.45) is 7.82. The summed E-state index contributed by atoms with van der Waals surface area (Å²) in [6, 6.07) is 10.3. The molecule has 2 nitrogen and oxygen atoms in total. The molecule has 0 atom stereocenters. The average molecular weight is 303 g/mol. The Morgan fingerprint density at radius 2 is 1.85 bits per heavy atom. The van der Waals surface area contributed by atoms with E-state index in [1.807, 2.05) is 41.3 Å². The van der Waals surface area contributed by atoms with E-state index in [-0.39, 0.29) is 5.91 Å². The van der Waals surface area contributed by atoms with Gasteiger partial charge >= 0.3 is 0 Å². The van der Waals surface area contributed by atoms with Gasteiger partial charge in [0.2, 0.25) is 0 Å². The van der Waals surface area contributed by atoms with E-state index in [0.29, 0.717) is 6.04 Å². The maximum atomic E-state index is 12.6. The van der Waals surface area contributed by atoms with Crippen LogP contribution in [-0.2, 0) is 4.79 Å². The first-order valence-corrected chi connectivity index (χ1v) is 8.30. The Kier molecular flexibility index (Phi) is 4.22. The quantitative estimate of drug-likeness (QED) is 0.602. The molecule has 0 spiro atoms. The van der Waals surface area contributed by atoms with E-state index >= 15 is 0 Å². The zero-order chi connectivity index (χ0) is 13.9. The van der Waals surface area contributed by atoms with Gasteiger partial charge in [-0.2, -0.15) is 0 Å². The summed E-state index contributed by atoms with van der Waals surface area (Å²) < 4.78 is 0.726. The van der Waals surface area contributed by atoms with Crippen LogP contribution in [0.15, 0.2) is 35.2 Å². The van der Waals surface area contributed by atoms with Crippen LogP contribution >= 0.6 is 24.0 Å². The average Bonchev–Trinajstić information content (AvgIpc) is 2.75. The molecule has 1 heterocycles. The van der Waals surface area contributed by atoms with Crippen LogP contribution in [0, 0.1) is 0 Å². The summed E-state index contributed by atoms with van der Waals surface area (Å²) in [7, 11) is 0. The van der Waals surface area contributed by atoms with Crippen molar-refractivity contribution in [3.8, 4) is 0 Å². The largest absolute Gasteiger partial charge is 0.290 e. The van der Waals surface area contributed by atoms with Crippen molar-refractivity contribution in [2.24, 2.45) is 0 Å². The fourth-order valence-corrected chi connectivity index (χ4v) is 4.23. The Morgan fingerprint density at radius 3 is 2.55 bits per heavy atom. The van der Waals surface area contributed by atoms with Gasteiger partial charge in [0, 0.05) is 6.04 Å². The Bertz CT molecular complexity index is 547. The molecular weight excluding hydrogens is 286 g/mol. The second-order valence-corrected chi connectivity index (χ2v) is 6.93. The third-order valence-electron chi connectivity index (χ3n) is 3.86. The van der Waals surface area contributed by atoms with Crippen LogP contribution in [0.2, 0.25) is 0 Å². The maximum absolute atomic E-state index is 12.6. The number of rotatable bonds is 2. The van der Waals surface area contributed by atoms with Crippen LogP contribution in [0.25, 0.3) is 6.08 Å². The number of thiocarbonyl (C=S) groups is 1. The molecule has 0 radical (unpaired) electrons. The van der Waals surface area contributed by atoms with Crippen molar-refractivity contribution in [2.45, 2.75) is 38.1 Å². The zero-order valence-corrected chi connectivity index (χ0v) is 12.9. The van der Waals surface area contributed by atoms with Gasteiger partial charge in [0.1, 0.15) is 4.32 Å². The highest BCUT2D eigenvalue weighted by Crippen LogP contribution is 2.37. The fourth-order valence-electron chi connectivity index (χ4n) is 2.83. The van der Waals surface area contributed by atoms with Crippen molar-refractivity contribution >= 4 is 40.3 Å². The molecule has 1 aromatic rings. The van der Waals surface area contributed by atoms with Gasteiger partial charge < -0.3 is 0 Å². The minimum absolute atomic E-state index is 0.0933. The number of nitrogens with zero attached hydrogens (tertiary/aromatic N) is 1. The third kappa shape index (κ3) is 2.81. The number of amides is 1. The second kappa shape index (κ2) is 6.10. The number of benzene rings is 1. The van der Waals surface area contributed by atoms with E-state index in [1.54, 1.807) is 0 Å². The number of hydrogen-bond acceptors (Lipinski definition) is 3. The molecule has 0 unspecified atom stereocenters. The summed E-state index contributed by atoms with van der Waals surface area (Å²) >= 11 is 6.86. The molecule has 1 aliphatic carbocycles. The van der Waals surface area contributed by atoms with Gasteiger partial charge in [0.05, 0.1) is 4.91 Å². The van der Waals surface area contributed by atoms with Crippen LogP contribution < -0.4 is 0 Å². The molecule has 0 bridgehead atoms. The molecule has 2 aliphatic rings. The zero-order valence-electron chi connectivity index (χ0n) is 11.2. The molecule has 2 fully saturated rings. The molecule has 104 valence electrons. The molecule has 3 rings (SSSR count). The van der Waals surface area contributed by atoms with E-state index in [1.165, 1.54) is 31.0 Å². The smallest absolute Gasteiger partial charge is 0.266 e. The monoisotopic (exact) mass is 303 g/mol. The van der Waals surface area contributed by atoms with Gasteiger partial charge in [-0.3, -0.25) is 9.69 Å². The minimum atomic E-state index is 0.0933. The highest BCUT2D eigenvalue weighted by molar-refractivity contribution is 8.26. The Hall–Kier alpha value is -1.13. The molecule has 20 heavy (non-hydrogen) atoms. The molecular formula is C16H17NOS2. The van der Waals surface area contributed by atoms with E-state index in [4.69, 9.17) is 12.2 Å². The fraction of sp³-hybridized carbons (Fsp3) is 0.375. The standard InChI is InChI=1S/C16H17NOS2/c18-15-14(11-12-7-3-1-4-8-12)20-16(19)17(15)13-9-5-2-6-10-13/h1,3-4,7-8,11,13H,2,5-6,9-10H2. The first kappa shape index (κ1) is 13.8. The minimum Gasteiger partial charge on any atom is -0.290 e. The van der Waals surface area contributed by atoms with Crippen LogP contribution in [-0.4, -0.2) is 21.2 Å². The van der Waals surface area contributed by atoms with Crippen molar-refractivity contribution in [3.05, 3.63) is 40.8 Å². The normalized spacial score (nSPS) is 22.8. The van der Waals surface area contributed by atoms with Crippen molar-refractivity contribution in [2.75, 3.05) is 0 Å². The number of carbonyl (C=O) groups excluding carboxylic acids is 1. The third-order valence-corrected chi connectivity index (χ3v) is 5.19. The van der Waals surface area contributed by atoms with Crippen molar-refractivity contribution in [1.82, 2.24) is 4.90 Å². The topological polar surface area (TPSA) is 20.3 Å². The van der Waals surface area contributed by atoms with E-state index < -0.39 is 0 Å². The van der Waals surface area contributed by atoms with Crippen LogP contribution in [0.1, 0.15) is 37.7 Å². The highest BCUT2D eigenvalue weighted by Gasteiger charge is 2.37. The van der Waals surface area contributed by atoms with Gasteiger partial charge in [0.25, 0.3) is 5.91 Å². The van der Waals surface area contributed by atoms with Crippen molar-refractivity contribution in [1.29, 1.82) is 0 Å². The molecule has 1 aromatic carbocycles. The predicted octanol–water partition coefficient (Wildman–Crippen LogP) is 4.22. The second-order valence-electron chi connectivity index (χ2n) is 5.25. The molecule has 1 aliphatic heterocycles. The SMILES string of the molecule is O=C1C(=Cc2ccccc2)SC(=S)N1C1CCCCC1. The van der Waals surface area contributed by atoms with Crippen molar-refractivity contribution < 1.29 is 4.79 Å². The molecule has 0 aromatic heterocycles. The van der Waals surface area contributed by atoms with Crippen LogP contribution in [0.5, 0.6) is 0 Å². The van der Waals surface area contributed by atoms with Crippen molar-refractivity contribution in [3.63, 3.8) is 0 Å². The summed E-state index contributed by atoms with van der Waals surface area (Å²) in [5.41, 5.74) is 1.05. The van der Waals surface area contributed by atoms with Gasteiger partial charge in [0.15, 0.2) is 0 Å². The number of hydrogen-bond donors (Lipinski definition) is 0. The molecule has 4 heteroatoms. The lowest BCUT2D eigenvalue weighted by Crippen LogP contribution is -2.39. The number of carbonyl (C=O) groups is 1. The molecule has 0 N–H and O–H groups in total. The summed E-state index contributed by atoms with van der Waals surface area (Å²) in [6.45, 7) is 0. The van der Waals surface area contributed by atoms with Gasteiger partial charge in [-0.15, -0.1) is 0 Å². The van der Waals surface area contributed by atoms with Gasteiger partial charge in [-0.05, 0) is 24.5 Å². The van der Waals surface area contributed by atoms with E-state index in [9.17, 15) is 4.79 Å². The molecule has 1 amide bonds. The lowest BCUT2D eigenvalue weighted by Gasteiger charge is -2.29. The Morgan fingerprint density at radius 1 is 1.15 bits per heavy atom. The lowest BCUT2D eigenvalue weighted by molar-refractivity contribution is -0.124. The summed E-state index contributed by atoms with van der Waals surface area (Å²) in [5.74, 6) is 0.0933. The first-order chi connectivity index (χ1) is 9.75. The Labute approximate surface area is 129 Å². The van der Waals surface area contributed by atoms with Crippen LogP contribution in [0.4, 0.5) is 0 Å². The van der Waals surface area contributed by atoms with Gasteiger partial charge in [-0.1, -0.05) is 73.6 Å². The lowest BCUT2D eigenvalue weighted by atomic mass is 9.94. The van der Waals surface area contributed by atoms with Gasteiger partial charge in [-0.25, -0.2) is 0 Å². The maximum Gasteiger partial charge on any atom is 0.266 e. The first-order valence-electron chi connectivity index (χ1n) is 7.08. The van der Waals surface area contributed by atoms with E-state index in [0.717, 1.165) is 27.6 Å². The predicted molar refractivity (Wildman–Crippen MR) is 88.3 cm³/mol. The van der Waals surface area contributed by atoms with Crippen LogP contribution in [0.3, 0.4) is 0 Å². The van der Waals surface area contributed by atoms with E-state index in [2.05, 4.69) is 0 Å². The Balaban J connectivity index is 1.81. The number of thioether (sulfide) groups is 1. The molecule has 1 saturated carbocycles. The summed E-state index contributed by atoms with van der Waals surface area (Å²) in [4.78, 5) is 15.2.